The Kier molecular flexibility index (Phi) is 7.62. The second-order valence-corrected chi connectivity index (χ2v) is 8.60. The average molecular weight is 418 g/mol. The van der Waals surface area contributed by atoms with Gasteiger partial charge in [-0.2, -0.15) is 0 Å². The van der Waals surface area contributed by atoms with E-state index in [1.165, 1.54) is 0 Å². The van der Waals surface area contributed by atoms with Crippen molar-refractivity contribution in [2.45, 2.75) is 19.4 Å². The number of ether oxygens (including phenoxy) is 1. The standard InChI is InChI=1S/C16H20BrNO5S/c1-11(2)10-23-16(20)14(8-9-24(3,21)22)18-15(19)12-6-4-5-7-13(12)17/h4-7,14H,1,8-10H2,2-3H3,(H,18,19). The fraction of sp³-hybridized carbons (Fsp3) is 0.375. The lowest BCUT2D eigenvalue weighted by atomic mass is 10.1. The Hall–Kier alpha value is -1.67. The molecule has 0 saturated heterocycles. The largest absolute Gasteiger partial charge is 0.460 e. The normalized spacial score (nSPS) is 12.3. The molecule has 24 heavy (non-hydrogen) atoms. The minimum Gasteiger partial charge on any atom is -0.460 e. The zero-order valence-corrected chi connectivity index (χ0v) is 15.9. The lowest BCUT2D eigenvalue weighted by molar-refractivity contribution is -0.145. The Morgan fingerprint density at radius 3 is 2.50 bits per heavy atom. The number of esters is 1. The van der Waals surface area contributed by atoms with Crippen molar-refractivity contribution >= 4 is 37.6 Å². The van der Waals surface area contributed by atoms with Gasteiger partial charge < -0.3 is 10.1 Å². The van der Waals surface area contributed by atoms with Gasteiger partial charge in [-0.05, 0) is 47.0 Å². The maximum Gasteiger partial charge on any atom is 0.329 e. The van der Waals surface area contributed by atoms with Crippen molar-refractivity contribution in [2.24, 2.45) is 0 Å². The first-order chi connectivity index (χ1) is 11.1. The van der Waals surface area contributed by atoms with E-state index in [9.17, 15) is 18.0 Å². The molecule has 8 heteroatoms. The quantitative estimate of drug-likeness (QED) is 0.516. The van der Waals surface area contributed by atoms with E-state index in [2.05, 4.69) is 27.8 Å². The molecular weight excluding hydrogens is 398 g/mol. The summed E-state index contributed by atoms with van der Waals surface area (Å²) in [7, 11) is -3.28. The van der Waals surface area contributed by atoms with Crippen molar-refractivity contribution in [1.82, 2.24) is 5.32 Å². The minimum absolute atomic E-state index is 0.0130. The lowest BCUT2D eigenvalue weighted by Crippen LogP contribution is -2.43. The molecule has 0 aliphatic rings. The monoisotopic (exact) mass is 417 g/mol. The summed E-state index contributed by atoms with van der Waals surface area (Å²) >= 11 is 3.26. The predicted octanol–water partition coefficient (Wildman–Crippen LogP) is 2.10. The highest BCUT2D eigenvalue weighted by Crippen LogP contribution is 2.16. The predicted molar refractivity (Wildman–Crippen MR) is 95.5 cm³/mol. The molecule has 1 N–H and O–H groups in total. The Morgan fingerprint density at radius 1 is 1.33 bits per heavy atom. The van der Waals surface area contributed by atoms with Crippen LogP contribution in [0, 0.1) is 0 Å². The van der Waals surface area contributed by atoms with Crippen LogP contribution in [-0.4, -0.2) is 45.0 Å². The molecule has 132 valence electrons. The molecule has 0 bridgehead atoms. The van der Waals surface area contributed by atoms with E-state index >= 15 is 0 Å². The molecular formula is C16H20BrNO5S. The molecule has 0 aliphatic heterocycles. The topological polar surface area (TPSA) is 89.5 Å². The molecule has 1 unspecified atom stereocenters. The molecule has 1 rings (SSSR count). The molecule has 1 aromatic rings. The summed E-state index contributed by atoms with van der Waals surface area (Å²) in [4.78, 5) is 24.5. The SMILES string of the molecule is C=C(C)COC(=O)C(CCS(C)(=O)=O)NC(=O)c1ccccc1Br. The van der Waals surface area contributed by atoms with Crippen molar-refractivity contribution < 1.29 is 22.7 Å². The highest BCUT2D eigenvalue weighted by Gasteiger charge is 2.25. The van der Waals surface area contributed by atoms with Gasteiger partial charge >= 0.3 is 5.97 Å². The average Bonchev–Trinajstić information content (AvgIpc) is 2.48. The zero-order valence-electron chi connectivity index (χ0n) is 13.5. The van der Waals surface area contributed by atoms with Gasteiger partial charge in [-0.15, -0.1) is 0 Å². The Bertz CT molecular complexity index is 730. The highest BCUT2D eigenvalue weighted by molar-refractivity contribution is 9.10. The summed E-state index contributed by atoms with van der Waals surface area (Å²) in [6, 6.07) is 5.67. The molecule has 0 saturated carbocycles. The fourth-order valence-corrected chi connectivity index (χ4v) is 2.89. The summed E-state index contributed by atoms with van der Waals surface area (Å²) in [5.41, 5.74) is 0.983. The first-order valence-corrected chi connectivity index (χ1v) is 9.99. The van der Waals surface area contributed by atoms with Crippen LogP contribution in [0.5, 0.6) is 0 Å². The number of hydrogen-bond acceptors (Lipinski definition) is 5. The Morgan fingerprint density at radius 2 is 1.96 bits per heavy atom. The van der Waals surface area contributed by atoms with Gasteiger partial charge in [-0.1, -0.05) is 18.7 Å². The van der Waals surface area contributed by atoms with E-state index in [0.717, 1.165) is 6.26 Å². The Labute approximate surface area is 150 Å². The lowest BCUT2D eigenvalue weighted by Gasteiger charge is -2.18. The first kappa shape index (κ1) is 20.4. The molecule has 1 atom stereocenters. The van der Waals surface area contributed by atoms with E-state index in [1.54, 1.807) is 31.2 Å². The Balaban J connectivity index is 2.87. The number of benzene rings is 1. The van der Waals surface area contributed by atoms with Gasteiger partial charge in [-0.3, -0.25) is 4.79 Å². The maximum atomic E-state index is 12.3. The van der Waals surface area contributed by atoms with Gasteiger partial charge in [0.2, 0.25) is 0 Å². The number of hydrogen-bond donors (Lipinski definition) is 1. The van der Waals surface area contributed by atoms with Crippen LogP contribution in [-0.2, 0) is 19.4 Å². The highest BCUT2D eigenvalue weighted by atomic mass is 79.9. The zero-order chi connectivity index (χ0) is 18.3. The second-order valence-electron chi connectivity index (χ2n) is 5.49. The van der Waals surface area contributed by atoms with E-state index in [1.807, 2.05) is 0 Å². The van der Waals surface area contributed by atoms with Crippen molar-refractivity contribution in [2.75, 3.05) is 18.6 Å². The van der Waals surface area contributed by atoms with E-state index in [4.69, 9.17) is 4.74 Å². The number of carbonyl (C=O) groups excluding carboxylic acids is 2. The molecule has 6 nitrogen and oxygen atoms in total. The van der Waals surface area contributed by atoms with Crippen molar-refractivity contribution in [3.8, 4) is 0 Å². The van der Waals surface area contributed by atoms with Crippen molar-refractivity contribution in [3.63, 3.8) is 0 Å². The third-order valence-electron chi connectivity index (χ3n) is 2.95. The van der Waals surface area contributed by atoms with Crippen LogP contribution in [0.2, 0.25) is 0 Å². The number of sulfone groups is 1. The van der Waals surface area contributed by atoms with Gasteiger partial charge in [0.25, 0.3) is 5.91 Å². The second kappa shape index (κ2) is 8.98. The van der Waals surface area contributed by atoms with Crippen LogP contribution in [0.15, 0.2) is 40.9 Å². The van der Waals surface area contributed by atoms with Crippen LogP contribution in [0.1, 0.15) is 23.7 Å². The molecule has 1 aromatic carbocycles. The van der Waals surface area contributed by atoms with E-state index in [0.29, 0.717) is 15.6 Å². The number of amides is 1. The minimum atomic E-state index is -3.28. The van der Waals surface area contributed by atoms with E-state index in [-0.39, 0.29) is 18.8 Å². The summed E-state index contributed by atoms with van der Waals surface area (Å²) in [6.45, 7) is 5.33. The number of carbonyl (C=O) groups is 2. The summed E-state index contributed by atoms with van der Waals surface area (Å²) < 4.78 is 28.3. The summed E-state index contributed by atoms with van der Waals surface area (Å²) in [5.74, 6) is -1.42. The first-order valence-electron chi connectivity index (χ1n) is 7.14. The van der Waals surface area contributed by atoms with Gasteiger partial charge in [0.1, 0.15) is 22.5 Å². The summed E-state index contributed by atoms with van der Waals surface area (Å²) in [6.07, 6.45) is 1.00. The number of halogens is 1. The third kappa shape index (κ3) is 7.27. The van der Waals surface area contributed by atoms with Crippen molar-refractivity contribution in [3.05, 3.63) is 46.5 Å². The van der Waals surface area contributed by atoms with Crippen LogP contribution in [0.3, 0.4) is 0 Å². The molecule has 0 aliphatic carbocycles. The van der Waals surface area contributed by atoms with Gasteiger partial charge in [0.05, 0.1) is 11.3 Å². The van der Waals surface area contributed by atoms with E-state index < -0.39 is 27.8 Å². The van der Waals surface area contributed by atoms with Crippen LogP contribution in [0.25, 0.3) is 0 Å². The van der Waals surface area contributed by atoms with Crippen LogP contribution >= 0.6 is 15.9 Å². The number of rotatable bonds is 8. The fourth-order valence-electron chi connectivity index (χ4n) is 1.76. The molecule has 1 amide bonds. The number of nitrogens with one attached hydrogen (secondary N) is 1. The maximum absolute atomic E-state index is 12.3. The van der Waals surface area contributed by atoms with Crippen LogP contribution < -0.4 is 5.32 Å². The van der Waals surface area contributed by atoms with Gasteiger partial charge in [0.15, 0.2) is 0 Å². The van der Waals surface area contributed by atoms with Gasteiger partial charge in [-0.25, -0.2) is 13.2 Å². The molecule has 0 spiro atoms. The molecule has 0 radical (unpaired) electrons. The molecule has 0 fully saturated rings. The van der Waals surface area contributed by atoms with Crippen molar-refractivity contribution in [1.29, 1.82) is 0 Å². The summed E-state index contributed by atoms with van der Waals surface area (Å²) in [5, 5.41) is 2.53. The molecule has 0 heterocycles. The smallest absolute Gasteiger partial charge is 0.329 e. The van der Waals surface area contributed by atoms with Crippen LogP contribution in [0.4, 0.5) is 0 Å². The third-order valence-corrected chi connectivity index (χ3v) is 4.62. The van der Waals surface area contributed by atoms with Gasteiger partial charge in [0, 0.05) is 10.7 Å². The molecule has 0 aromatic heterocycles.